The summed E-state index contributed by atoms with van der Waals surface area (Å²) < 4.78 is 1.41. The van der Waals surface area contributed by atoms with Crippen LogP contribution in [0.25, 0.3) is 0 Å². The summed E-state index contributed by atoms with van der Waals surface area (Å²) in [5, 5.41) is 10.6. The number of hydrogen-bond acceptors (Lipinski definition) is 3. The molecule has 1 N–H and O–H groups in total. The highest BCUT2D eigenvalue weighted by atomic mass is 79.9. The standard InChI is InChI=1S/C17H13Br2NO2S/c18-12-6-8-13(9-7-12)23-15-14(19)16(21)20(17(15)22)10-11-4-2-1-3-5-11/h1-9,17,22H,10H2. The van der Waals surface area contributed by atoms with Crippen molar-refractivity contribution >= 4 is 49.5 Å². The van der Waals surface area contributed by atoms with Crippen molar-refractivity contribution in [3.05, 3.63) is 74.0 Å². The van der Waals surface area contributed by atoms with E-state index in [-0.39, 0.29) is 5.91 Å². The third-order valence-electron chi connectivity index (χ3n) is 3.43. The molecule has 0 spiro atoms. The minimum Gasteiger partial charge on any atom is -0.369 e. The minimum atomic E-state index is -0.939. The van der Waals surface area contributed by atoms with E-state index < -0.39 is 6.23 Å². The Kier molecular flexibility index (Phi) is 5.26. The van der Waals surface area contributed by atoms with Crippen LogP contribution in [0.3, 0.4) is 0 Å². The normalized spacial score (nSPS) is 18.0. The number of thioether (sulfide) groups is 1. The molecule has 1 heterocycles. The molecular weight excluding hydrogens is 442 g/mol. The summed E-state index contributed by atoms with van der Waals surface area (Å²) in [7, 11) is 0. The fourth-order valence-electron chi connectivity index (χ4n) is 2.26. The van der Waals surface area contributed by atoms with Gasteiger partial charge in [-0.1, -0.05) is 58.0 Å². The number of benzene rings is 2. The second-order valence-electron chi connectivity index (χ2n) is 5.03. The Labute approximate surface area is 155 Å². The molecule has 118 valence electrons. The molecule has 1 amide bonds. The van der Waals surface area contributed by atoms with Gasteiger partial charge in [0.25, 0.3) is 5.91 Å². The van der Waals surface area contributed by atoms with E-state index in [4.69, 9.17) is 0 Å². The lowest BCUT2D eigenvalue weighted by Crippen LogP contribution is -2.34. The molecule has 0 aliphatic carbocycles. The Morgan fingerprint density at radius 3 is 2.35 bits per heavy atom. The van der Waals surface area contributed by atoms with Crippen LogP contribution in [-0.2, 0) is 11.3 Å². The summed E-state index contributed by atoms with van der Waals surface area (Å²) in [5.41, 5.74) is 0.982. The number of rotatable bonds is 4. The number of carbonyl (C=O) groups excluding carboxylic acids is 1. The van der Waals surface area contributed by atoms with Crippen molar-refractivity contribution in [1.82, 2.24) is 4.90 Å². The lowest BCUT2D eigenvalue weighted by Gasteiger charge is -2.22. The zero-order valence-corrected chi connectivity index (χ0v) is 15.9. The number of hydrogen-bond donors (Lipinski definition) is 1. The van der Waals surface area contributed by atoms with E-state index in [9.17, 15) is 9.90 Å². The molecule has 0 radical (unpaired) electrons. The highest BCUT2D eigenvalue weighted by Gasteiger charge is 2.37. The summed E-state index contributed by atoms with van der Waals surface area (Å²) in [4.78, 5) is 15.5. The first-order valence-corrected chi connectivity index (χ1v) is 9.32. The van der Waals surface area contributed by atoms with Crippen molar-refractivity contribution in [3.8, 4) is 0 Å². The van der Waals surface area contributed by atoms with Gasteiger partial charge in [-0.05, 0) is 45.8 Å². The molecule has 0 saturated heterocycles. The maximum atomic E-state index is 12.4. The monoisotopic (exact) mass is 453 g/mol. The summed E-state index contributed by atoms with van der Waals surface area (Å²) in [5.74, 6) is -0.194. The van der Waals surface area contributed by atoms with Crippen LogP contribution in [0.4, 0.5) is 0 Å². The van der Waals surface area contributed by atoms with Gasteiger partial charge >= 0.3 is 0 Å². The number of amides is 1. The zero-order valence-electron chi connectivity index (χ0n) is 11.9. The van der Waals surface area contributed by atoms with Crippen LogP contribution in [-0.4, -0.2) is 22.1 Å². The van der Waals surface area contributed by atoms with Gasteiger partial charge in [0.1, 0.15) is 0 Å². The Bertz CT molecular complexity index is 747. The van der Waals surface area contributed by atoms with Gasteiger partial charge in [0.2, 0.25) is 0 Å². The summed E-state index contributed by atoms with van der Waals surface area (Å²) in [6.45, 7) is 0.375. The third kappa shape index (κ3) is 3.71. The molecule has 0 aromatic heterocycles. The summed E-state index contributed by atoms with van der Waals surface area (Å²) in [6, 6.07) is 17.4. The van der Waals surface area contributed by atoms with Crippen molar-refractivity contribution in [1.29, 1.82) is 0 Å². The molecular formula is C17H13Br2NO2S. The highest BCUT2D eigenvalue weighted by Crippen LogP contribution is 2.40. The number of nitrogens with zero attached hydrogens (tertiary/aromatic N) is 1. The van der Waals surface area contributed by atoms with Crippen molar-refractivity contribution in [2.45, 2.75) is 17.7 Å². The van der Waals surface area contributed by atoms with Gasteiger partial charge in [-0.25, -0.2) is 0 Å². The second kappa shape index (κ2) is 7.21. The maximum absolute atomic E-state index is 12.4. The van der Waals surface area contributed by atoms with E-state index in [2.05, 4.69) is 31.9 Å². The lowest BCUT2D eigenvalue weighted by molar-refractivity contribution is -0.131. The molecule has 1 aliphatic rings. The summed E-state index contributed by atoms with van der Waals surface area (Å²) in [6.07, 6.45) is -0.939. The molecule has 0 saturated carbocycles. The van der Waals surface area contributed by atoms with Gasteiger partial charge in [-0.2, -0.15) is 0 Å². The van der Waals surface area contributed by atoms with E-state index in [0.29, 0.717) is 15.9 Å². The molecule has 6 heteroatoms. The van der Waals surface area contributed by atoms with Crippen molar-refractivity contribution in [2.75, 3.05) is 0 Å². The maximum Gasteiger partial charge on any atom is 0.264 e. The summed E-state index contributed by atoms with van der Waals surface area (Å²) >= 11 is 8.12. The average molecular weight is 455 g/mol. The number of aliphatic hydroxyl groups excluding tert-OH is 1. The Morgan fingerprint density at radius 2 is 1.70 bits per heavy atom. The van der Waals surface area contributed by atoms with Crippen LogP contribution in [0, 0.1) is 0 Å². The molecule has 1 atom stereocenters. The number of aliphatic hydroxyl groups is 1. The molecule has 1 unspecified atom stereocenters. The van der Waals surface area contributed by atoms with Gasteiger partial charge < -0.3 is 10.0 Å². The molecule has 0 fully saturated rings. The van der Waals surface area contributed by atoms with Gasteiger partial charge in [0.05, 0.1) is 9.39 Å². The molecule has 2 aromatic rings. The van der Waals surface area contributed by atoms with Gasteiger partial charge in [-0.3, -0.25) is 4.79 Å². The topological polar surface area (TPSA) is 40.5 Å². The van der Waals surface area contributed by atoms with Crippen LogP contribution in [0.5, 0.6) is 0 Å². The first kappa shape index (κ1) is 16.8. The Morgan fingerprint density at radius 1 is 1.04 bits per heavy atom. The van der Waals surface area contributed by atoms with Crippen LogP contribution < -0.4 is 0 Å². The highest BCUT2D eigenvalue weighted by molar-refractivity contribution is 9.12. The predicted octanol–water partition coefficient (Wildman–Crippen LogP) is 4.51. The van der Waals surface area contributed by atoms with Crippen LogP contribution >= 0.6 is 43.6 Å². The fourth-order valence-corrected chi connectivity index (χ4v) is 4.14. The molecule has 2 aromatic carbocycles. The van der Waals surface area contributed by atoms with Crippen molar-refractivity contribution in [3.63, 3.8) is 0 Å². The van der Waals surface area contributed by atoms with Gasteiger partial charge in [-0.15, -0.1) is 0 Å². The molecule has 3 rings (SSSR count). The zero-order chi connectivity index (χ0) is 16.4. The molecule has 0 bridgehead atoms. The fraction of sp³-hybridized carbons (Fsp3) is 0.118. The predicted molar refractivity (Wildman–Crippen MR) is 99.0 cm³/mol. The average Bonchev–Trinajstić information content (AvgIpc) is 2.76. The van der Waals surface area contributed by atoms with Gasteiger partial charge in [0.15, 0.2) is 6.23 Å². The van der Waals surface area contributed by atoms with E-state index >= 15 is 0 Å². The molecule has 1 aliphatic heterocycles. The van der Waals surface area contributed by atoms with Crippen LogP contribution in [0.15, 0.2) is 73.4 Å². The first-order valence-electron chi connectivity index (χ1n) is 6.92. The smallest absolute Gasteiger partial charge is 0.264 e. The number of carbonyl (C=O) groups is 1. The van der Waals surface area contributed by atoms with Crippen molar-refractivity contribution < 1.29 is 9.90 Å². The van der Waals surface area contributed by atoms with Gasteiger partial charge in [0, 0.05) is 15.9 Å². The second-order valence-corrected chi connectivity index (χ2v) is 7.85. The third-order valence-corrected chi connectivity index (χ3v) is 6.13. The molecule has 23 heavy (non-hydrogen) atoms. The van der Waals surface area contributed by atoms with Crippen LogP contribution in [0.2, 0.25) is 0 Å². The first-order chi connectivity index (χ1) is 11.1. The molecule has 3 nitrogen and oxygen atoms in total. The lowest BCUT2D eigenvalue weighted by atomic mass is 10.2. The SMILES string of the molecule is O=C1C(Br)=C(Sc2ccc(Br)cc2)C(O)N1Cc1ccccc1. The van der Waals surface area contributed by atoms with E-state index in [1.807, 2.05) is 54.6 Å². The van der Waals surface area contributed by atoms with Crippen molar-refractivity contribution in [2.24, 2.45) is 0 Å². The van der Waals surface area contributed by atoms with E-state index in [1.54, 1.807) is 0 Å². The Hall–Kier alpha value is -1.08. The Balaban J connectivity index is 1.79. The van der Waals surface area contributed by atoms with E-state index in [0.717, 1.165) is 14.9 Å². The minimum absolute atomic E-state index is 0.194. The van der Waals surface area contributed by atoms with E-state index in [1.165, 1.54) is 16.7 Å². The quantitative estimate of drug-likeness (QED) is 0.738. The largest absolute Gasteiger partial charge is 0.369 e. The van der Waals surface area contributed by atoms with Crippen LogP contribution in [0.1, 0.15) is 5.56 Å². The number of halogens is 2.